The highest BCUT2D eigenvalue weighted by Gasteiger charge is 2.23. The van der Waals surface area contributed by atoms with Gasteiger partial charge in [-0.3, -0.25) is 4.79 Å². The topological polar surface area (TPSA) is 54.3 Å². The third-order valence-electron chi connectivity index (χ3n) is 3.06. The number of hydrogen-bond acceptors (Lipinski definition) is 3. The highest BCUT2D eigenvalue weighted by Crippen LogP contribution is 2.30. The second-order valence-electron chi connectivity index (χ2n) is 4.85. The zero-order chi connectivity index (χ0) is 12.3. The summed E-state index contributed by atoms with van der Waals surface area (Å²) in [6, 6.07) is 2.42. The SMILES string of the molecule is CC(C)NCC(=O)NC1CCCc2occc21. The van der Waals surface area contributed by atoms with E-state index in [0.29, 0.717) is 12.6 Å². The van der Waals surface area contributed by atoms with Crippen LogP contribution in [0.5, 0.6) is 0 Å². The number of aryl methyl sites for hydroxylation is 1. The Bertz CT molecular complexity index is 385. The number of fused-ring (bicyclic) bond motifs is 1. The molecule has 2 N–H and O–H groups in total. The molecule has 0 bridgehead atoms. The lowest BCUT2D eigenvalue weighted by Gasteiger charge is -2.23. The Morgan fingerprint density at radius 3 is 3.18 bits per heavy atom. The van der Waals surface area contributed by atoms with Crippen LogP contribution >= 0.6 is 0 Å². The highest BCUT2D eigenvalue weighted by molar-refractivity contribution is 5.78. The standard InChI is InChI=1S/C13H20N2O2/c1-9(2)14-8-13(16)15-11-4-3-5-12-10(11)6-7-17-12/h6-7,9,11,14H,3-5,8H2,1-2H3,(H,15,16). The van der Waals surface area contributed by atoms with E-state index in [4.69, 9.17) is 4.42 Å². The summed E-state index contributed by atoms with van der Waals surface area (Å²) >= 11 is 0. The van der Waals surface area contributed by atoms with Crippen molar-refractivity contribution in [3.63, 3.8) is 0 Å². The van der Waals surface area contributed by atoms with Gasteiger partial charge in [-0.15, -0.1) is 0 Å². The fourth-order valence-electron chi connectivity index (χ4n) is 2.18. The van der Waals surface area contributed by atoms with Crippen LogP contribution in [0.4, 0.5) is 0 Å². The molecular formula is C13H20N2O2. The minimum Gasteiger partial charge on any atom is -0.469 e. The molecule has 1 atom stereocenters. The van der Waals surface area contributed by atoms with Crippen LogP contribution in [0.1, 0.15) is 44.1 Å². The van der Waals surface area contributed by atoms with E-state index >= 15 is 0 Å². The normalized spacial score (nSPS) is 19.1. The third kappa shape index (κ3) is 3.09. The molecule has 0 saturated carbocycles. The number of carbonyl (C=O) groups excluding carboxylic acids is 1. The molecule has 0 radical (unpaired) electrons. The van der Waals surface area contributed by atoms with Gasteiger partial charge in [-0.25, -0.2) is 0 Å². The summed E-state index contributed by atoms with van der Waals surface area (Å²) in [7, 11) is 0. The van der Waals surface area contributed by atoms with E-state index in [2.05, 4.69) is 10.6 Å². The molecule has 1 heterocycles. The van der Waals surface area contributed by atoms with Gasteiger partial charge in [0.05, 0.1) is 18.8 Å². The van der Waals surface area contributed by atoms with Crippen LogP contribution in [-0.2, 0) is 11.2 Å². The molecule has 1 aromatic heterocycles. The first-order valence-electron chi connectivity index (χ1n) is 6.26. The van der Waals surface area contributed by atoms with Gasteiger partial charge in [-0.05, 0) is 18.9 Å². The van der Waals surface area contributed by atoms with Crippen molar-refractivity contribution < 1.29 is 9.21 Å². The highest BCUT2D eigenvalue weighted by atomic mass is 16.3. The molecule has 4 heteroatoms. The fourth-order valence-corrected chi connectivity index (χ4v) is 2.18. The Morgan fingerprint density at radius 1 is 1.59 bits per heavy atom. The van der Waals surface area contributed by atoms with Gasteiger partial charge in [-0.2, -0.15) is 0 Å². The van der Waals surface area contributed by atoms with E-state index in [1.807, 2.05) is 19.9 Å². The molecule has 0 aliphatic heterocycles. The molecule has 1 aromatic rings. The molecule has 0 saturated heterocycles. The van der Waals surface area contributed by atoms with E-state index in [9.17, 15) is 4.79 Å². The second-order valence-corrected chi connectivity index (χ2v) is 4.85. The Labute approximate surface area is 102 Å². The van der Waals surface area contributed by atoms with Crippen molar-refractivity contribution in [2.75, 3.05) is 6.54 Å². The number of furan rings is 1. The number of hydrogen-bond donors (Lipinski definition) is 2. The molecule has 1 aliphatic rings. The second kappa shape index (κ2) is 5.36. The molecule has 0 aromatic carbocycles. The molecule has 1 aliphatic carbocycles. The minimum absolute atomic E-state index is 0.0535. The van der Waals surface area contributed by atoms with Crippen LogP contribution in [0.3, 0.4) is 0 Å². The van der Waals surface area contributed by atoms with Crippen molar-refractivity contribution in [1.82, 2.24) is 10.6 Å². The van der Waals surface area contributed by atoms with Gasteiger partial charge < -0.3 is 15.1 Å². The molecule has 17 heavy (non-hydrogen) atoms. The number of carbonyl (C=O) groups is 1. The van der Waals surface area contributed by atoms with E-state index in [1.54, 1.807) is 6.26 Å². The predicted octanol–water partition coefficient (Wildman–Crippen LogP) is 1.77. The maximum absolute atomic E-state index is 11.7. The molecular weight excluding hydrogens is 216 g/mol. The summed E-state index contributed by atoms with van der Waals surface area (Å²) in [5.74, 6) is 1.08. The van der Waals surface area contributed by atoms with Crippen LogP contribution in [0.15, 0.2) is 16.7 Å². The molecule has 1 unspecified atom stereocenters. The van der Waals surface area contributed by atoms with Gasteiger partial charge in [-0.1, -0.05) is 13.8 Å². The Hall–Kier alpha value is -1.29. The third-order valence-corrected chi connectivity index (χ3v) is 3.06. The zero-order valence-electron chi connectivity index (χ0n) is 10.5. The summed E-state index contributed by atoms with van der Waals surface area (Å²) in [5, 5.41) is 6.17. The molecule has 0 fully saturated rings. The summed E-state index contributed by atoms with van der Waals surface area (Å²) < 4.78 is 5.40. The molecule has 4 nitrogen and oxygen atoms in total. The smallest absolute Gasteiger partial charge is 0.234 e. The van der Waals surface area contributed by atoms with Gasteiger partial charge in [0, 0.05) is 18.0 Å². The lowest BCUT2D eigenvalue weighted by atomic mass is 9.93. The summed E-state index contributed by atoms with van der Waals surface area (Å²) in [6.07, 6.45) is 4.77. The molecule has 1 amide bonds. The minimum atomic E-state index is 0.0535. The van der Waals surface area contributed by atoms with Crippen LogP contribution in [0.25, 0.3) is 0 Å². The number of rotatable bonds is 4. The number of nitrogens with one attached hydrogen (secondary N) is 2. The molecule has 0 spiro atoms. The van der Waals surface area contributed by atoms with Crippen molar-refractivity contribution in [2.45, 2.75) is 45.2 Å². The van der Waals surface area contributed by atoms with Gasteiger partial charge >= 0.3 is 0 Å². The first kappa shape index (κ1) is 12.2. The average Bonchev–Trinajstić information content (AvgIpc) is 2.75. The fraction of sp³-hybridized carbons (Fsp3) is 0.615. The number of amides is 1. The summed E-state index contributed by atoms with van der Waals surface area (Å²) in [4.78, 5) is 11.7. The van der Waals surface area contributed by atoms with Gasteiger partial charge in [0.25, 0.3) is 0 Å². The van der Waals surface area contributed by atoms with E-state index in [0.717, 1.165) is 30.6 Å². The van der Waals surface area contributed by atoms with E-state index < -0.39 is 0 Å². The van der Waals surface area contributed by atoms with Crippen molar-refractivity contribution in [1.29, 1.82) is 0 Å². The summed E-state index contributed by atoms with van der Waals surface area (Å²) in [6.45, 7) is 4.44. The van der Waals surface area contributed by atoms with Crippen molar-refractivity contribution in [3.05, 3.63) is 23.7 Å². The van der Waals surface area contributed by atoms with Gasteiger partial charge in [0.1, 0.15) is 5.76 Å². The molecule has 2 rings (SSSR count). The first-order chi connectivity index (χ1) is 8.16. The maximum atomic E-state index is 11.7. The van der Waals surface area contributed by atoms with Crippen LogP contribution < -0.4 is 10.6 Å². The van der Waals surface area contributed by atoms with Crippen molar-refractivity contribution in [3.8, 4) is 0 Å². The largest absolute Gasteiger partial charge is 0.469 e. The van der Waals surface area contributed by atoms with Crippen molar-refractivity contribution in [2.24, 2.45) is 0 Å². The van der Waals surface area contributed by atoms with Crippen LogP contribution in [-0.4, -0.2) is 18.5 Å². The lowest BCUT2D eigenvalue weighted by molar-refractivity contribution is -0.121. The Balaban J connectivity index is 1.90. The lowest BCUT2D eigenvalue weighted by Crippen LogP contribution is -2.39. The van der Waals surface area contributed by atoms with Gasteiger partial charge in [0.2, 0.25) is 5.91 Å². The van der Waals surface area contributed by atoms with Gasteiger partial charge in [0.15, 0.2) is 0 Å². The van der Waals surface area contributed by atoms with Crippen LogP contribution in [0, 0.1) is 0 Å². The Kier molecular flexibility index (Phi) is 3.84. The van der Waals surface area contributed by atoms with Crippen LogP contribution in [0.2, 0.25) is 0 Å². The van der Waals surface area contributed by atoms with Crippen molar-refractivity contribution >= 4 is 5.91 Å². The molecule has 94 valence electrons. The quantitative estimate of drug-likeness (QED) is 0.837. The zero-order valence-corrected chi connectivity index (χ0v) is 10.5. The monoisotopic (exact) mass is 236 g/mol. The Morgan fingerprint density at radius 2 is 2.41 bits per heavy atom. The predicted molar refractivity (Wildman–Crippen MR) is 65.7 cm³/mol. The first-order valence-corrected chi connectivity index (χ1v) is 6.26. The average molecular weight is 236 g/mol. The van der Waals surface area contributed by atoms with E-state index in [1.165, 1.54) is 0 Å². The van der Waals surface area contributed by atoms with E-state index in [-0.39, 0.29) is 11.9 Å². The summed E-state index contributed by atoms with van der Waals surface area (Å²) in [5.41, 5.74) is 1.15. The maximum Gasteiger partial charge on any atom is 0.234 e.